The Balaban J connectivity index is 1.56. The van der Waals surface area contributed by atoms with Crippen LogP contribution in [-0.2, 0) is 4.79 Å². The number of imide groups is 1. The number of guanidine groups is 1. The van der Waals surface area contributed by atoms with Crippen molar-refractivity contribution in [2.24, 2.45) is 10.9 Å². The Kier molecular flexibility index (Phi) is 5.20. The van der Waals surface area contributed by atoms with E-state index in [1.807, 2.05) is 12.5 Å². The zero-order valence-electron chi connectivity index (χ0n) is 14.7. The molecular weight excluding hydrogens is 322 g/mol. The summed E-state index contributed by atoms with van der Waals surface area (Å²) in [4.78, 5) is 35.1. The third kappa shape index (κ3) is 3.75. The van der Waals surface area contributed by atoms with E-state index >= 15 is 0 Å². The van der Waals surface area contributed by atoms with Gasteiger partial charge in [-0.3, -0.25) is 14.7 Å². The molecule has 0 saturated carbocycles. The molecule has 3 rings (SSSR count). The zero-order valence-corrected chi connectivity index (χ0v) is 14.7. The van der Waals surface area contributed by atoms with E-state index < -0.39 is 0 Å². The monoisotopic (exact) mass is 347 g/mol. The first-order valence-corrected chi connectivity index (χ1v) is 8.61. The van der Waals surface area contributed by atoms with Gasteiger partial charge in [-0.1, -0.05) is 6.92 Å². The van der Waals surface area contributed by atoms with Crippen LogP contribution in [0.2, 0.25) is 0 Å². The van der Waals surface area contributed by atoms with Gasteiger partial charge in [-0.05, 0) is 12.3 Å². The fourth-order valence-electron chi connectivity index (χ4n) is 3.39. The van der Waals surface area contributed by atoms with E-state index in [1.165, 1.54) is 4.90 Å². The fraction of sp³-hybridized carbons (Fsp3) is 0.625. The van der Waals surface area contributed by atoms with Crippen LogP contribution in [-0.4, -0.2) is 77.0 Å². The molecule has 25 heavy (non-hydrogen) atoms. The molecule has 2 N–H and O–H groups in total. The topological polar surface area (TPSA) is 94.9 Å². The first-order valence-electron chi connectivity index (χ1n) is 8.61. The normalized spacial score (nSPS) is 24.6. The highest BCUT2D eigenvalue weighted by Crippen LogP contribution is 2.27. The lowest BCUT2D eigenvalue weighted by Gasteiger charge is -2.39. The quantitative estimate of drug-likeness (QED) is 0.450. The van der Waals surface area contributed by atoms with Crippen LogP contribution in [0.1, 0.15) is 19.4 Å². The number of urea groups is 1. The minimum Gasteiger partial charge on any atom is -0.354 e. The van der Waals surface area contributed by atoms with E-state index in [0.29, 0.717) is 25.0 Å². The van der Waals surface area contributed by atoms with Crippen LogP contribution < -0.4 is 10.6 Å². The summed E-state index contributed by atoms with van der Waals surface area (Å²) >= 11 is 0. The van der Waals surface area contributed by atoms with Crippen molar-refractivity contribution < 1.29 is 9.59 Å². The van der Waals surface area contributed by atoms with E-state index in [1.54, 1.807) is 13.2 Å². The van der Waals surface area contributed by atoms with Gasteiger partial charge in [0.05, 0.1) is 18.9 Å². The number of amides is 3. The van der Waals surface area contributed by atoms with E-state index in [9.17, 15) is 9.59 Å². The van der Waals surface area contributed by atoms with Gasteiger partial charge in [0.25, 0.3) is 0 Å². The number of piperidine rings is 1. The molecule has 0 radical (unpaired) electrons. The van der Waals surface area contributed by atoms with Crippen molar-refractivity contribution in [3.63, 3.8) is 0 Å². The summed E-state index contributed by atoms with van der Waals surface area (Å²) in [5.74, 6) is 1.17. The van der Waals surface area contributed by atoms with Crippen LogP contribution >= 0.6 is 0 Å². The minimum absolute atomic E-state index is 0.0875. The molecule has 2 aliphatic rings. The third-order valence-corrected chi connectivity index (χ3v) is 4.89. The van der Waals surface area contributed by atoms with Crippen molar-refractivity contribution in [3.8, 4) is 0 Å². The Morgan fingerprint density at radius 1 is 1.48 bits per heavy atom. The van der Waals surface area contributed by atoms with E-state index in [4.69, 9.17) is 0 Å². The highest BCUT2D eigenvalue weighted by molar-refractivity contribution is 6.01. The van der Waals surface area contributed by atoms with E-state index in [2.05, 4.69) is 37.0 Å². The molecule has 2 aliphatic heterocycles. The molecule has 2 saturated heterocycles. The smallest absolute Gasteiger partial charge is 0.324 e. The van der Waals surface area contributed by atoms with Gasteiger partial charge in [-0.25, -0.2) is 9.78 Å². The number of hydrogen-bond acceptors (Lipinski definition) is 4. The molecule has 9 heteroatoms. The molecule has 2 unspecified atom stereocenters. The second-order valence-corrected chi connectivity index (χ2v) is 6.47. The summed E-state index contributed by atoms with van der Waals surface area (Å²) in [6.07, 6.45) is 6.73. The number of imidazole rings is 1. The number of likely N-dealkylation sites (tertiary alicyclic amines) is 1. The molecule has 0 spiro atoms. The van der Waals surface area contributed by atoms with Gasteiger partial charge in [0.2, 0.25) is 5.91 Å². The fourth-order valence-corrected chi connectivity index (χ4v) is 3.39. The summed E-state index contributed by atoms with van der Waals surface area (Å²) in [6, 6.07) is 0.0227. The second-order valence-electron chi connectivity index (χ2n) is 6.47. The van der Waals surface area contributed by atoms with Crippen LogP contribution in [0.25, 0.3) is 0 Å². The molecule has 3 amide bonds. The van der Waals surface area contributed by atoms with Crippen molar-refractivity contribution in [2.45, 2.75) is 19.4 Å². The number of carbonyl (C=O) groups is 2. The standard InChI is InChI=1S/C16H25N7O2/c1-12-3-6-21(10-13(12)22-7-4-18-11-22)15(17-2)19-5-8-23-14(24)9-20-16(23)25/h4,7,11-13H,3,5-6,8-10H2,1-2H3,(H,17,19)(H,20,25). The Morgan fingerprint density at radius 2 is 2.32 bits per heavy atom. The number of rotatable bonds is 4. The Bertz CT molecular complexity index is 627. The number of aromatic nitrogens is 2. The number of nitrogens with zero attached hydrogens (tertiary/aromatic N) is 5. The second kappa shape index (κ2) is 7.54. The van der Waals surface area contributed by atoms with E-state index in [-0.39, 0.29) is 18.5 Å². The zero-order chi connectivity index (χ0) is 17.8. The van der Waals surface area contributed by atoms with Gasteiger partial charge in [-0.15, -0.1) is 0 Å². The molecule has 1 aromatic rings. The molecule has 2 atom stereocenters. The van der Waals surface area contributed by atoms with Crippen LogP contribution in [0.3, 0.4) is 0 Å². The van der Waals surface area contributed by atoms with Gasteiger partial charge in [0.15, 0.2) is 5.96 Å². The number of aliphatic imine (C=N–C) groups is 1. The highest BCUT2D eigenvalue weighted by atomic mass is 16.2. The first kappa shape index (κ1) is 17.2. The predicted octanol–water partition coefficient (Wildman–Crippen LogP) is -0.107. The molecule has 1 aromatic heterocycles. The maximum Gasteiger partial charge on any atom is 0.324 e. The molecule has 0 bridgehead atoms. The summed E-state index contributed by atoms with van der Waals surface area (Å²) < 4.78 is 2.15. The number of nitrogens with one attached hydrogen (secondary N) is 2. The van der Waals surface area contributed by atoms with Gasteiger partial charge in [0.1, 0.15) is 0 Å². The third-order valence-electron chi connectivity index (χ3n) is 4.89. The number of hydrogen-bond donors (Lipinski definition) is 2. The number of carbonyl (C=O) groups excluding carboxylic acids is 2. The van der Waals surface area contributed by atoms with Gasteiger partial charge in [0, 0.05) is 45.6 Å². The maximum atomic E-state index is 11.6. The summed E-state index contributed by atoms with van der Waals surface area (Å²) in [6.45, 7) is 4.93. The van der Waals surface area contributed by atoms with Crippen molar-refractivity contribution in [1.29, 1.82) is 0 Å². The van der Waals surface area contributed by atoms with Gasteiger partial charge < -0.3 is 20.1 Å². The molecule has 136 valence electrons. The molecular formula is C16H25N7O2. The van der Waals surface area contributed by atoms with Crippen LogP contribution in [0.15, 0.2) is 23.7 Å². The highest BCUT2D eigenvalue weighted by Gasteiger charge is 2.30. The minimum atomic E-state index is -0.325. The lowest BCUT2D eigenvalue weighted by atomic mass is 9.93. The summed E-state index contributed by atoms with van der Waals surface area (Å²) in [5.41, 5.74) is 0. The van der Waals surface area contributed by atoms with Crippen molar-refractivity contribution in [3.05, 3.63) is 18.7 Å². The molecule has 9 nitrogen and oxygen atoms in total. The Hall–Kier alpha value is -2.58. The first-order chi connectivity index (χ1) is 12.1. The Morgan fingerprint density at radius 3 is 2.96 bits per heavy atom. The van der Waals surface area contributed by atoms with Crippen LogP contribution in [0.5, 0.6) is 0 Å². The van der Waals surface area contributed by atoms with Crippen molar-refractivity contribution in [1.82, 2.24) is 30.0 Å². The predicted molar refractivity (Wildman–Crippen MR) is 93.1 cm³/mol. The SMILES string of the molecule is CN=C(NCCN1C(=O)CNC1=O)N1CCC(C)C(n2ccnc2)C1. The molecule has 0 aromatic carbocycles. The summed E-state index contributed by atoms with van der Waals surface area (Å²) in [7, 11) is 1.75. The molecule has 3 heterocycles. The largest absolute Gasteiger partial charge is 0.354 e. The van der Waals surface area contributed by atoms with Crippen LogP contribution in [0, 0.1) is 5.92 Å². The average molecular weight is 347 g/mol. The maximum absolute atomic E-state index is 11.6. The van der Waals surface area contributed by atoms with Crippen LogP contribution in [0.4, 0.5) is 4.79 Å². The van der Waals surface area contributed by atoms with Gasteiger partial charge in [-0.2, -0.15) is 0 Å². The average Bonchev–Trinajstić information content (AvgIpc) is 3.24. The summed E-state index contributed by atoms with van der Waals surface area (Å²) in [5, 5.41) is 5.79. The van der Waals surface area contributed by atoms with Crippen molar-refractivity contribution >= 4 is 17.9 Å². The van der Waals surface area contributed by atoms with Crippen molar-refractivity contribution in [2.75, 3.05) is 39.8 Å². The van der Waals surface area contributed by atoms with E-state index in [0.717, 1.165) is 25.5 Å². The van der Waals surface area contributed by atoms with Gasteiger partial charge >= 0.3 is 6.03 Å². The molecule has 2 fully saturated rings. The lowest BCUT2D eigenvalue weighted by molar-refractivity contribution is -0.124. The Labute approximate surface area is 147 Å². The molecule has 0 aliphatic carbocycles. The lowest BCUT2D eigenvalue weighted by Crippen LogP contribution is -2.50.